The van der Waals surface area contributed by atoms with Gasteiger partial charge in [0, 0.05) is 0 Å². The normalized spacial score (nSPS) is 20.4. The van der Waals surface area contributed by atoms with Gasteiger partial charge >= 0.3 is 0 Å². The zero-order valence-electron chi connectivity index (χ0n) is 26.1. The molecule has 0 bridgehead atoms. The van der Waals surface area contributed by atoms with E-state index >= 15 is 0 Å². The number of benzene rings is 3. The van der Waals surface area contributed by atoms with E-state index in [4.69, 9.17) is 23.6 Å². The van der Waals surface area contributed by atoms with Crippen LogP contribution in [0.25, 0.3) is 0 Å². The topological polar surface area (TPSA) is 54.7 Å². The summed E-state index contributed by atoms with van der Waals surface area (Å²) in [5.41, 5.74) is 3.30. The van der Waals surface area contributed by atoms with Crippen molar-refractivity contribution in [1.29, 1.82) is 0 Å². The molecule has 0 saturated carbocycles. The summed E-state index contributed by atoms with van der Waals surface area (Å²) < 4.78 is 31.1. The maximum atomic E-state index is 7.21. The second-order valence-electron chi connectivity index (χ2n) is 12.8. The molecule has 0 spiro atoms. The third kappa shape index (κ3) is 7.81. The van der Waals surface area contributed by atoms with Crippen LogP contribution in [0.2, 0.25) is 18.1 Å². The number of fused-ring (bicyclic) bond motifs is 1. The SMILES string of the molecule is CC(C)(C)[Si](C)(C)O[C@H]1c2nc(Br)c(Br)n2[C@H](COCc2ccccc2)[C@H](OCc2ccccc2)[C@@H]1OCc1ccccc1. The van der Waals surface area contributed by atoms with Crippen LogP contribution in [0.1, 0.15) is 55.4 Å². The number of imidazole rings is 1. The molecule has 5 rings (SSSR count). The van der Waals surface area contributed by atoms with Gasteiger partial charge in [-0.2, -0.15) is 0 Å². The lowest BCUT2D eigenvalue weighted by Gasteiger charge is -2.47. The summed E-state index contributed by atoms with van der Waals surface area (Å²) in [7, 11) is -2.28. The lowest BCUT2D eigenvalue weighted by atomic mass is 9.95. The highest BCUT2D eigenvalue weighted by molar-refractivity contribution is 9.13. The third-order valence-electron chi connectivity index (χ3n) is 8.63. The molecule has 0 aliphatic carbocycles. The average Bonchev–Trinajstić information content (AvgIpc) is 3.31. The van der Waals surface area contributed by atoms with Crippen molar-refractivity contribution in [3.8, 4) is 0 Å². The van der Waals surface area contributed by atoms with E-state index in [1.807, 2.05) is 54.6 Å². The van der Waals surface area contributed by atoms with Crippen LogP contribution in [-0.4, -0.2) is 36.7 Å². The van der Waals surface area contributed by atoms with Crippen LogP contribution < -0.4 is 0 Å². The summed E-state index contributed by atoms with van der Waals surface area (Å²) in [6.07, 6.45) is -1.28. The Bertz CT molecular complexity index is 1480. The molecule has 3 aromatic carbocycles. The molecule has 0 saturated heterocycles. The Kier molecular flexibility index (Phi) is 11.0. The molecule has 2 heterocycles. The summed E-state index contributed by atoms with van der Waals surface area (Å²) in [4.78, 5) is 5.01. The van der Waals surface area contributed by atoms with Crippen LogP contribution >= 0.6 is 31.9 Å². The Morgan fingerprint density at radius 1 is 0.727 bits per heavy atom. The standard InChI is InChI=1S/C35H42Br2N2O4Si/c1-35(2,3)44(4,5)43-31-30(42-23-27-19-13-8-14-20-27)29(41-22-26-17-11-7-12-18-26)28(39-33(37)32(36)38-34(31)39)24-40-21-25-15-9-6-10-16-25/h6-20,28-31H,21-24H2,1-5H3/t28-,29+,30+,31-/m1/s1. The van der Waals surface area contributed by atoms with E-state index in [0.29, 0.717) is 26.4 Å². The van der Waals surface area contributed by atoms with Crippen molar-refractivity contribution in [2.24, 2.45) is 0 Å². The quantitative estimate of drug-likeness (QED) is 0.136. The maximum Gasteiger partial charge on any atom is 0.193 e. The van der Waals surface area contributed by atoms with Crippen molar-refractivity contribution in [2.45, 2.75) is 83.1 Å². The molecule has 44 heavy (non-hydrogen) atoms. The van der Waals surface area contributed by atoms with Gasteiger partial charge in [0.15, 0.2) is 8.32 Å². The minimum atomic E-state index is -2.28. The highest BCUT2D eigenvalue weighted by Crippen LogP contribution is 2.47. The molecule has 1 aliphatic heterocycles. The van der Waals surface area contributed by atoms with Gasteiger partial charge in [-0.3, -0.25) is 0 Å². The van der Waals surface area contributed by atoms with Crippen LogP contribution in [0.15, 0.2) is 100 Å². The predicted octanol–water partition coefficient (Wildman–Crippen LogP) is 9.41. The molecule has 4 atom stereocenters. The van der Waals surface area contributed by atoms with Crippen LogP contribution in [0.3, 0.4) is 0 Å². The van der Waals surface area contributed by atoms with E-state index < -0.39 is 26.6 Å². The van der Waals surface area contributed by atoms with E-state index in [2.05, 4.69) is 107 Å². The van der Waals surface area contributed by atoms with E-state index in [9.17, 15) is 0 Å². The van der Waals surface area contributed by atoms with Gasteiger partial charge in [-0.1, -0.05) is 112 Å². The zero-order chi connectivity index (χ0) is 31.3. The van der Waals surface area contributed by atoms with E-state index in [1.54, 1.807) is 0 Å². The monoisotopic (exact) mass is 740 g/mol. The molecule has 1 aromatic heterocycles. The largest absolute Gasteiger partial charge is 0.404 e. The maximum absolute atomic E-state index is 7.21. The molecule has 4 aromatic rings. The predicted molar refractivity (Wildman–Crippen MR) is 184 cm³/mol. The molecule has 6 nitrogen and oxygen atoms in total. The smallest absolute Gasteiger partial charge is 0.193 e. The Hall–Kier alpha value is -2.11. The molecular weight excluding hydrogens is 700 g/mol. The molecule has 1 aliphatic rings. The fourth-order valence-corrected chi connectivity index (χ4v) is 7.31. The van der Waals surface area contributed by atoms with Gasteiger partial charge in [-0.15, -0.1) is 0 Å². The fraction of sp³-hybridized carbons (Fsp3) is 0.400. The second kappa shape index (κ2) is 14.5. The van der Waals surface area contributed by atoms with Crippen molar-refractivity contribution >= 4 is 40.2 Å². The van der Waals surface area contributed by atoms with Crippen LogP contribution in [0.4, 0.5) is 0 Å². The van der Waals surface area contributed by atoms with E-state index in [1.165, 1.54) is 0 Å². The molecule has 0 unspecified atom stereocenters. The number of ether oxygens (including phenoxy) is 3. The summed E-state index contributed by atoms with van der Waals surface area (Å²) >= 11 is 7.54. The third-order valence-corrected chi connectivity index (χ3v) is 14.9. The Labute approximate surface area is 279 Å². The summed E-state index contributed by atoms with van der Waals surface area (Å²) in [5.74, 6) is 0.805. The first-order valence-electron chi connectivity index (χ1n) is 15.1. The van der Waals surface area contributed by atoms with Crippen molar-refractivity contribution < 1.29 is 18.6 Å². The molecular formula is C35H42Br2N2O4Si. The number of nitrogens with zero attached hydrogens (tertiary/aromatic N) is 2. The zero-order valence-corrected chi connectivity index (χ0v) is 30.3. The first-order valence-corrected chi connectivity index (χ1v) is 19.6. The number of hydrogen-bond donors (Lipinski definition) is 0. The minimum Gasteiger partial charge on any atom is -0.404 e. The van der Waals surface area contributed by atoms with E-state index in [0.717, 1.165) is 31.7 Å². The van der Waals surface area contributed by atoms with Crippen molar-refractivity contribution in [2.75, 3.05) is 6.61 Å². The number of aromatic nitrogens is 2. The van der Waals surface area contributed by atoms with Crippen molar-refractivity contribution in [1.82, 2.24) is 9.55 Å². The van der Waals surface area contributed by atoms with E-state index in [-0.39, 0.29) is 11.1 Å². The lowest BCUT2D eigenvalue weighted by molar-refractivity contribution is -0.169. The van der Waals surface area contributed by atoms with Gasteiger partial charge in [0.25, 0.3) is 0 Å². The van der Waals surface area contributed by atoms with Gasteiger partial charge < -0.3 is 23.2 Å². The van der Waals surface area contributed by atoms with Gasteiger partial charge in [-0.05, 0) is 66.7 Å². The first kappa shape index (κ1) is 33.3. The van der Waals surface area contributed by atoms with Gasteiger partial charge in [0.05, 0.1) is 32.5 Å². The highest BCUT2D eigenvalue weighted by Gasteiger charge is 2.51. The lowest BCUT2D eigenvalue weighted by Crippen LogP contribution is -2.53. The van der Waals surface area contributed by atoms with Gasteiger partial charge in [-0.25, -0.2) is 4.98 Å². The number of halogens is 2. The molecule has 0 fully saturated rings. The highest BCUT2D eigenvalue weighted by atomic mass is 79.9. The first-order chi connectivity index (χ1) is 21.0. The Morgan fingerprint density at radius 3 is 1.70 bits per heavy atom. The molecule has 9 heteroatoms. The van der Waals surface area contributed by atoms with Crippen molar-refractivity contribution in [3.63, 3.8) is 0 Å². The molecule has 0 amide bonds. The molecule has 0 N–H and O–H groups in total. The second-order valence-corrected chi connectivity index (χ2v) is 19.1. The van der Waals surface area contributed by atoms with Crippen LogP contribution in [0, 0.1) is 0 Å². The Balaban J connectivity index is 1.56. The van der Waals surface area contributed by atoms with Gasteiger partial charge in [0.1, 0.15) is 33.3 Å². The summed E-state index contributed by atoms with van der Waals surface area (Å²) in [6.45, 7) is 13.1. The Morgan fingerprint density at radius 2 is 1.20 bits per heavy atom. The summed E-state index contributed by atoms with van der Waals surface area (Å²) in [5, 5.41) is -0.0150. The number of hydrogen-bond acceptors (Lipinski definition) is 5. The van der Waals surface area contributed by atoms with Crippen molar-refractivity contribution in [3.05, 3.63) is 123 Å². The van der Waals surface area contributed by atoms with Crippen LogP contribution in [0.5, 0.6) is 0 Å². The van der Waals surface area contributed by atoms with Gasteiger partial charge in [0.2, 0.25) is 0 Å². The molecule has 234 valence electrons. The van der Waals surface area contributed by atoms with Crippen LogP contribution in [-0.2, 0) is 38.5 Å². The minimum absolute atomic E-state index is 0.0150. The fourth-order valence-electron chi connectivity index (χ4n) is 5.18. The average molecular weight is 743 g/mol. The molecule has 0 radical (unpaired) electrons. The summed E-state index contributed by atoms with van der Waals surface area (Å²) in [6, 6.07) is 30.5. The number of rotatable bonds is 12.